The normalized spacial score (nSPS) is 10.7. The topological polar surface area (TPSA) is 79.4 Å². The molecule has 26 heavy (non-hydrogen) atoms. The largest absolute Gasteiger partial charge is 0.307 e. The molecule has 7 heteroatoms. The average Bonchev–Trinajstić information content (AvgIpc) is 3.07. The molecule has 3 aromatic heterocycles. The summed E-state index contributed by atoms with van der Waals surface area (Å²) in [5, 5.41) is 10.9. The van der Waals surface area contributed by atoms with Crippen LogP contribution in [0.15, 0.2) is 60.9 Å². The van der Waals surface area contributed by atoms with Gasteiger partial charge in [-0.15, -0.1) is 0 Å². The molecule has 0 fully saturated rings. The van der Waals surface area contributed by atoms with Gasteiger partial charge in [0.05, 0.1) is 11.4 Å². The van der Waals surface area contributed by atoms with Crippen LogP contribution in [0.25, 0.3) is 22.5 Å². The highest BCUT2D eigenvalue weighted by molar-refractivity contribution is 6.30. The number of nitrogens with zero attached hydrogens (tertiary/aromatic N) is 4. The number of nitrogens with one attached hydrogen (secondary N) is 2. The first-order chi connectivity index (χ1) is 12.7. The van der Waals surface area contributed by atoms with Crippen molar-refractivity contribution in [2.45, 2.75) is 6.92 Å². The number of halogens is 1. The molecule has 0 saturated carbocycles. The zero-order valence-electron chi connectivity index (χ0n) is 13.9. The minimum absolute atomic E-state index is 0.459. The molecule has 4 aromatic rings. The molecule has 0 aliphatic heterocycles. The van der Waals surface area contributed by atoms with Crippen LogP contribution in [0.1, 0.15) is 5.69 Å². The van der Waals surface area contributed by atoms with Gasteiger partial charge < -0.3 is 5.32 Å². The van der Waals surface area contributed by atoms with Crippen molar-refractivity contribution in [1.29, 1.82) is 0 Å². The van der Waals surface area contributed by atoms with E-state index in [9.17, 15) is 0 Å². The Balaban J connectivity index is 1.81. The average molecular weight is 363 g/mol. The van der Waals surface area contributed by atoms with E-state index in [0.29, 0.717) is 16.8 Å². The molecule has 128 valence electrons. The van der Waals surface area contributed by atoms with E-state index in [-0.39, 0.29) is 0 Å². The fraction of sp³-hybridized carbons (Fsp3) is 0.0526. The minimum atomic E-state index is 0.459. The van der Waals surface area contributed by atoms with Crippen LogP contribution < -0.4 is 5.32 Å². The third-order valence-electron chi connectivity index (χ3n) is 3.77. The van der Waals surface area contributed by atoms with Crippen LogP contribution in [0, 0.1) is 6.92 Å². The second kappa shape index (κ2) is 6.93. The van der Waals surface area contributed by atoms with Crippen molar-refractivity contribution >= 4 is 23.4 Å². The third kappa shape index (κ3) is 3.55. The summed E-state index contributed by atoms with van der Waals surface area (Å²) in [5.74, 6) is 1.12. The van der Waals surface area contributed by atoms with Crippen molar-refractivity contribution in [2.75, 3.05) is 5.32 Å². The molecule has 0 atom stereocenters. The van der Waals surface area contributed by atoms with Crippen LogP contribution in [-0.2, 0) is 0 Å². The van der Waals surface area contributed by atoms with Crippen LogP contribution >= 0.6 is 11.6 Å². The lowest BCUT2D eigenvalue weighted by atomic mass is 10.1. The minimum Gasteiger partial charge on any atom is -0.307 e. The second-order valence-corrected chi connectivity index (χ2v) is 6.21. The van der Waals surface area contributed by atoms with Crippen molar-refractivity contribution in [3.63, 3.8) is 0 Å². The van der Waals surface area contributed by atoms with Crippen molar-refractivity contribution in [3.8, 4) is 22.5 Å². The van der Waals surface area contributed by atoms with Crippen molar-refractivity contribution in [2.24, 2.45) is 0 Å². The van der Waals surface area contributed by atoms with Crippen LogP contribution in [0.4, 0.5) is 11.8 Å². The Morgan fingerprint density at radius 3 is 2.38 bits per heavy atom. The molecule has 6 nitrogen and oxygen atoms in total. The summed E-state index contributed by atoms with van der Waals surface area (Å²) in [6, 6.07) is 15.2. The van der Waals surface area contributed by atoms with Gasteiger partial charge >= 0.3 is 0 Å². The Bertz CT molecular complexity index is 1040. The number of aromatic amines is 1. The summed E-state index contributed by atoms with van der Waals surface area (Å²) in [6.45, 7) is 1.93. The highest BCUT2D eigenvalue weighted by atomic mass is 35.5. The zero-order valence-corrected chi connectivity index (χ0v) is 14.7. The fourth-order valence-corrected chi connectivity index (χ4v) is 2.76. The summed E-state index contributed by atoms with van der Waals surface area (Å²) in [6.07, 6.45) is 3.47. The molecule has 0 amide bonds. The lowest BCUT2D eigenvalue weighted by Crippen LogP contribution is -2.00. The van der Waals surface area contributed by atoms with Crippen LogP contribution in [-0.4, -0.2) is 25.1 Å². The van der Waals surface area contributed by atoms with Gasteiger partial charge in [-0.3, -0.25) is 10.1 Å². The number of hydrogen-bond donors (Lipinski definition) is 2. The third-order valence-corrected chi connectivity index (χ3v) is 4.00. The number of pyridine rings is 1. The van der Waals surface area contributed by atoms with Crippen molar-refractivity contribution < 1.29 is 0 Å². The van der Waals surface area contributed by atoms with E-state index in [1.165, 1.54) is 0 Å². The monoisotopic (exact) mass is 362 g/mol. The van der Waals surface area contributed by atoms with Gasteiger partial charge in [0.2, 0.25) is 5.95 Å². The summed E-state index contributed by atoms with van der Waals surface area (Å²) in [5.41, 5.74) is 4.37. The Kier molecular flexibility index (Phi) is 4.33. The van der Waals surface area contributed by atoms with E-state index in [0.717, 1.165) is 28.2 Å². The number of benzene rings is 1. The smallest absolute Gasteiger partial charge is 0.229 e. The second-order valence-electron chi connectivity index (χ2n) is 5.77. The fourth-order valence-electron chi connectivity index (χ4n) is 2.57. The van der Waals surface area contributed by atoms with Gasteiger partial charge in [-0.1, -0.05) is 23.7 Å². The van der Waals surface area contributed by atoms with Crippen LogP contribution in [0.2, 0.25) is 5.02 Å². The Morgan fingerprint density at radius 1 is 0.923 bits per heavy atom. The molecule has 1 aromatic carbocycles. The number of rotatable bonds is 4. The van der Waals surface area contributed by atoms with Gasteiger partial charge in [0.25, 0.3) is 0 Å². The summed E-state index contributed by atoms with van der Waals surface area (Å²) < 4.78 is 0. The van der Waals surface area contributed by atoms with E-state index < -0.39 is 0 Å². The molecule has 0 aliphatic rings. The molecule has 0 radical (unpaired) electrons. The predicted molar refractivity (Wildman–Crippen MR) is 102 cm³/mol. The van der Waals surface area contributed by atoms with E-state index >= 15 is 0 Å². The Hall–Kier alpha value is -3.25. The highest BCUT2D eigenvalue weighted by Crippen LogP contribution is 2.27. The molecule has 0 spiro atoms. The standard InChI is InChI=1S/C19H15ClN6/c1-12-9-18(26-25-12)24-19-22-16(13-5-7-21-8-6-13)11-17(23-19)14-3-2-4-15(20)10-14/h2-11H,1H3,(H2,22,23,24,25,26). The number of anilines is 2. The quantitative estimate of drug-likeness (QED) is 0.553. The maximum absolute atomic E-state index is 6.14. The maximum Gasteiger partial charge on any atom is 0.229 e. The number of H-pyrrole nitrogens is 1. The van der Waals surface area contributed by atoms with Gasteiger partial charge in [0, 0.05) is 40.3 Å². The Labute approximate surface area is 155 Å². The molecule has 3 heterocycles. The Morgan fingerprint density at radius 2 is 1.69 bits per heavy atom. The lowest BCUT2D eigenvalue weighted by Gasteiger charge is -2.09. The molecular weight excluding hydrogens is 348 g/mol. The number of hydrogen-bond acceptors (Lipinski definition) is 5. The van der Waals surface area contributed by atoms with E-state index in [1.807, 2.05) is 55.5 Å². The maximum atomic E-state index is 6.14. The van der Waals surface area contributed by atoms with Crippen LogP contribution in [0.3, 0.4) is 0 Å². The van der Waals surface area contributed by atoms with Gasteiger partial charge in [-0.25, -0.2) is 9.97 Å². The predicted octanol–water partition coefficient (Wildman–Crippen LogP) is 4.63. The lowest BCUT2D eigenvalue weighted by molar-refractivity contribution is 1.04. The van der Waals surface area contributed by atoms with E-state index in [4.69, 9.17) is 11.6 Å². The van der Waals surface area contributed by atoms with Crippen molar-refractivity contribution in [3.05, 3.63) is 71.6 Å². The summed E-state index contributed by atoms with van der Waals surface area (Å²) >= 11 is 6.14. The molecular formula is C19H15ClN6. The van der Waals surface area contributed by atoms with Gasteiger partial charge in [-0.05, 0) is 37.3 Å². The molecule has 0 saturated heterocycles. The van der Waals surface area contributed by atoms with Gasteiger partial charge in [0.15, 0.2) is 5.82 Å². The van der Waals surface area contributed by atoms with E-state index in [2.05, 4.69) is 30.5 Å². The molecule has 0 aliphatic carbocycles. The molecule has 4 rings (SSSR count). The first-order valence-corrected chi connectivity index (χ1v) is 8.40. The first-order valence-electron chi connectivity index (χ1n) is 8.02. The molecule has 0 bridgehead atoms. The number of aryl methyl sites for hydroxylation is 1. The van der Waals surface area contributed by atoms with E-state index in [1.54, 1.807) is 12.4 Å². The number of aromatic nitrogens is 5. The van der Waals surface area contributed by atoms with Gasteiger partial charge in [-0.2, -0.15) is 5.10 Å². The SMILES string of the molecule is Cc1cc(Nc2nc(-c3ccncc3)cc(-c3cccc(Cl)c3)n2)n[nH]1. The zero-order chi connectivity index (χ0) is 17.9. The molecule has 2 N–H and O–H groups in total. The van der Waals surface area contributed by atoms with Gasteiger partial charge in [0.1, 0.15) is 0 Å². The van der Waals surface area contributed by atoms with Crippen molar-refractivity contribution in [1.82, 2.24) is 25.1 Å². The summed E-state index contributed by atoms with van der Waals surface area (Å²) in [4.78, 5) is 13.3. The summed E-state index contributed by atoms with van der Waals surface area (Å²) in [7, 11) is 0. The first kappa shape index (κ1) is 16.2. The highest BCUT2D eigenvalue weighted by Gasteiger charge is 2.10. The van der Waals surface area contributed by atoms with Crippen LogP contribution in [0.5, 0.6) is 0 Å². The molecule has 0 unspecified atom stereocenters.